The first-order chi connectivity index (χ1) is 16.7. The topological polar surface area (TPSA) is 60.7 Å². The number of hydrogen-bond acceptors (Lipinski definition) is 6. The number of thiocarbonyl (C=S) groups is 1. The highest BCUT2D eigenvalue weighted by molar-refractivity contribution is 7.80. The molecular formula is C25H40F2N6OS. The molecule has 1 aromatic heterocycles. The van der Waals surface area contributed by atoms with Gasteiger partial charge in [-0.25, -0.2) is 8.78 Å². The minimum absolute atomic E-state index is 0.0744. The predicted molar refractivity (Wildman–Crippen MR) is 135 cm³/mol. The van der Waals surface area contributed by atoms with Gasteiger partial charge in [0.1, 0.15) is 6.04 Å². The van der Waals surface area contributed by atoms with Crippen LogP contribution in [0.2, 0.25) is 0 Å². The van der Waals surface area contributed by atoms with Crippen LogP contribution < -0.4 is 5.32 Å². The van der Waals surface area contributed by atoms with Gasteiger partial charge in [-0.3, -0.25) is 9.80 Å². The Kier molecular flexibility index (Phi) is 7.09. The molecule has 7 nitrogen and oxygen atoms in total. The Hall–Kier alpha value is -1.39. The molecule has 0 aromatic carbocycles. The Labute approximate surface area is 213 Å². The monoisotopic (exact) mass is 510 g/mol. The molecule has 1 N–H and O–H groups in total. The normalized spacial score (nSPS) is 29.9. The summed E-state index contributed by atoms with van der Waals surface area (Å²) < 4.78 is 35.9. The van der Waals surface area contributed by atoms with Crippen LogP contribution in [0.25, 0.3) is 0 Å². The summed E-state index contributed by atoms with van der Waals surface area (Å²) in [5, 5.41) is 7.88. The molecule has 2 aliphatic carbocycles. The number of aromatic nitrogens is 2. The first kappa shape index (κ1) is 25.3. The second kappa shape index (κ2) is 9.82. The Bertz CT molecular complexity index is 890. The molecule has 0 radical (unpaired) electrons. The van der Waals surface area contributed by atoms with Crippen LogP contribution in [-0.4, -0.2) is 93.3 Å². The minimum atomic E-state index is -2.77. The fourth-order valence-electron chi connectivity index (χ4n) is 5.96. The van der Waals surface area contributed by atoms with Crippen LogP contribution >= 0.6 is 12.2 Å². The SMILES string of the molecule is CC(C)N1CCN(C2CCCC(F)(F)[C@@H]2NC(=S)N2CCC(C)(c3noc(C4CC4)n3)CC2)CC1. The van der Waals surface area contributed by atoms with Gasteiger partial charge in [0.15, 0.2) is 10.9 Å². The number of halogens is 2. The van der Waals surface area contributed by atoms with E-state index < -0.39 is 12.0 Å². The van der Waals surface area contributed by atoms with Gasteiger partial charge in [-0.15, -0.1) is 0 Å². The molecule has 4 aliphatic rings. The van der Waals surface area contributed by atoms with Crippen molar-refractivity contribution in [3.05, 3.63) is 11.7 Å². The maximum absolute atomic E-state index is 15.2. The number of nitrogens with zero attached hydrogens (tertiary/aromatic N) is 5. The van der Waals surface area contributed by atoms with E-state index in [2.05, 4.69) is 50.9 Å². The quantitative estimate of drug-likeness (QED) is 0.601. The van der Waals surface area contributed by atoms with E-state index in [0.29, 0.717) is 36.6 Å². The van der Waals surface area contributed by atoms with Crippen LogP contribution in [0.1, 0.15) is 83.3 Å². The fourth-order valence-corrected chi connectivity index (χ4v) is 6.27. The zero-order valence-electron chi connectivity index (χ0n) is 21.3. The molecule has 35 heavy (non-hydrogen) atoms. The number of nitrogens with one attached hydrogen (secondary N) is 1. The Balaban J connectivity index is 1.20. The number of likely N-dealkylation sites (tertiary alicyclic amines) is 1. The van der Waals surface area contributed by atoms with E-state index in [1.807, 2.05) is 0 Å². The van der Waals surface area contributed by atoms with Crippen LogP contribution in [0, 0.1) is 0 Å². The summed E-state index contributed by atoms with van der Waals surface area (Å²) in [7, 11) is 0. The third-order valence-electron chi connectivity index (χ3n) is 8.74. The van der Waals surface area contributed by atoms with Crippen molar-refractivity contribution in [2.45, 2.75) is 101 Å². The number of rotatable bonds is 5. The lowest BCUT2D eigenvalue weighted by molar-refractivity contribution is -0.0953. The van der Waals surface area contributed by atoms with E-state index in [9.17, 15) is 0 Å². The zero-order chi connectivity index (χ0) is 24.8. The average Bonchev–Trinajstić information content (AvgIpc) is 3.56. The smallest absolute Gasteiger partial charge is 0.269 e. The summed E-state index contributed by atoms with van der Waals surface area (Å²) in [4.78, 5) is 11.4. The predicted octanol–water partition coefficient (Wildman–Crippen LogP) is 3.76. The number of piperazine rings is 1. The highest BCUT2D eigenvalue weighted by Gasteiger charge is 2.50. The van der Waals surface area contributed by atoms with Crippen LogP contribution in [0.5, 0.6) is 0 Å². The van der Waals surface area contributed by atoms with Gasteiger partial charge < -0.3 is 14.7 Å². The summed E-state index contributed by atoms with van der Waals surface area (Å²) in [5.74, 6) is -0.788. The van der Waals surface area contributed by atoms with Crippen molar-refractivity contribution < 1.29 is 13.3 Å². The van der Waals surface area contributed by atoms with Gasteiger partial charge in [0.05, 0.1) is 0 Å². The largest absolute Gasteiger partial charge is 0.352 e. The molecule has 2 aliphatic heterocycles. The molecule has 1 aromatic rings. The molecule has 5 rings (SSSR count). The first-order valence-corrected chi connectivity index (χ1v) is 13.8. The maximum atomic E-state index is 15.2. The lowest BCUT2D eigenvalue weighted by Crippen LogP contribution is -2.66. The molecule has 0 amide bonds. The van der Waals surface area contributed by atoms with Crippen molar-refractivity contribution >= 4 is 17.3 Å². The minimum Gasteiger partial charge on any atom is -0.352 e. The number of alkyl halides is 2. The van der Waals surface area contributed by atoms with Crippen molar-refractivity contribution in [1.29, 1.82) is 0 Å². The van der Waals surface area contributed by atoms with Gasteiger partial charge in [-0.2, -0.15) is 4.98 Å². The summed E-state index contributed by atoms with van der Waals surface area (Å²) in [6.07, 6.45) is 5.17. The molecule has 0 spiro atoms. The Morgan fingerprint density at radius 2 is 1.74 bits per heavy atom. The lowest BCUT2D eigenvalue weighted by atomic mass is 9.79. The van der Waals surface area contributed by atoms with E-state index in [-0.39, 0.29) is 17.9 Å². The highest BCUT2D eigenvalue weighted by atomic mass is 32.1. The van der Waals surface area contributed by atoms with E-state index in [1.54, 1.807) is 0 Å². The van der Waals surface area contributed by atoms with Gasteiger partial charge in [0.2, 0.25) is 5.89 Å². The molecule has 4 fully saturated rings. The summed E-state index contributed by atoms with van der Waals surface area (Å²) in [6, 6.07) is -0.647. The van der Waals surface area contributed by atoms with Crippen LogP contribution in [0.15, 0.2) is 4.52 Å². The third-order valence-corrected chi connectivity index (χ3v) is 9.12. The van der Waals surface area contributed by atoms with Gasteiger partial charge in [-0.05, 0) is 64.6 Å². The maximum Gasteiger partial charge on any atom is 0.269 e. The van der Waals surface area contributed by atoms with Crippen molar-refractivity contribution in [3.8, 4) is 0 Å². The molecule has 1 unspecified atom stereocenters. The summed E-state index contributed by atoms with van der Waals surface area (Å²) in [5.41, 5.74) is -0.170. The van der Waals surface area contributed by atoms with Gasteiger partial charge in [0.25, 0.3) is 5.92 Å². The summed E-state index contributed by atoms with van der Waals surface area (Å²) in [6.45, 7) is 11.5. The Morgan fingerprint density at radius 1 is 1.06 bits per heavy atom. The number of hydrogen-bond donors (Lipinski definition) is 1. The van der Waals surface area contributed by atoms with Crippen LogP contribution in [0.4, 0.5) is 8.78 Å². The Morgan fingerprint density at radius 3 is 2.37 bits per heavy atom. The fraction of sp³-hybridized carbons (Fsp3) is 0.880. The van der Waals surface area contributed by atoms with Crippen molar-refractivity contribution in [1.82, 2.24) is 30.2 Å². The molecule has 2 saturated heterocycles. The van der Waals surface area contributed by atoms with E-state index in [0.717, 1.165) is 70.0 Å². The standard InChI is InChI=1S/C25H40F2N6OS/c1-17(2)31-13-15-32(16-14-31)19-5-4-8-25(26,27)20(19)28-23(35)33-11-9-24(3,10-12-33)22-29-21(34-30-22)18-6-7-18/h17-20H,4-16H2,1-3H3,(H,28,35)/t19?,20-/m1/s1. The lowest BCUT2D eigenvalue weighted by Gasteiger charge is -2.48. The van der Waals surface area contributed by atoms with Crippen molar-refractivity contribution in [3.63, 3.8) is 0 Å². The number of piperidine rings is 1. The van der Waals surface area contributed by atoms with E-state index in [4.69, 9.17) is 16.7 Å². The second-order valence-electron chi connectivity index (χ2n) is 11.6. The molecule has 0 bridgehead atoms. The van der Waals surface area contributed by atoms with E-state index in [1.165, 1.54) is 0 Å². The third kappa shape index (κ3) is 5.34. The van der Waals surface area contributed by atoms with Gasteiger partial charge in [0, 0.05) is 69.1 Å². The molecule has 3 heterocycles. The van der Waals surface area contributed by atoms with Crippen molar-refractivity contribution in [2.24, 2.45) is 0 Å². The van der Waals surface area contributed by atoms with Crippen LogP contribution in [0.3, 0.4) is 0 Å². The van der Waals surface area contributed by atoms with Gasteiger partial charge in [-0.1, -0.05) is 12.1 Å². The van der Waals surface area contributed by atoms with Gasteiger partial charge >= 0.3 is 0 Å². The first-order valence-electron chi connectivity index (χ1n) is 13.4. The average molecular weight is 511 g/mol. The highest BCUT2D eigenvalue weighted by Crippen LogP contribution is 2.41. The van der Waals surface area contributed by atoms with E-state index >= 15 is 8.78 Å². The van der Waals surface area contributed by atoms with Crippen LogP contribution in [-0.2, 0) is 5.41 Å². The summed E-state index contributed by atoms with van der Waals surface area (Å²) >= 11 is 5.71. The molecular weight excluding hydrogens is 470 g/mol. The molecule has 2 atom stereocenters. The zero-order valence-corrected chi connectivity index (χ0v) is 22.1. The molecule has 2 saturated carbocycles. The molecule has 196 valence electrons. The second-order valence-corrected chi connectivity index (χ2v) is 12.0. The van der Waals surface area contributed by atoms with Crippen molar-refractivity contribution in [2.75, 3.05) is 39.3 Å². The molecule has 10 heteroatoms.